The molecule has 148 valence electrons. The summed E-state index contributed by atoms with van der Waals surface area (Å²) in [7, 11) is 1.44. The predicted molar refractivity (Wildman–Crippen MR) is 107 cm³/mol. The molecule has 0 bridgehead atoms. The number of benzene rings is 2. The number of esters is 1. The SMILES string of the molecule is COc1cc(/C=N\NC(=O)c2cc(O)cc(O)c2)ccc1OC(=O)c1cccs1. The van der Waals surface area contributed by atoms with Crippen LogP contribution in [-0.2, 0) is 0 Å². The fourth-order valence-electron chi connectivity index (χ4n) is 2.35. The second kappa shape index (κ2) is 8.89. The van der Waals surface area contributed by atoms with E-state index in [0.717, 1.165) is 6.07 Å². The largest absolute Gasteiger partial charge is 0.508 e. The fraction of sp³-hybridized carbons (Fsp3) is 0.0500. The average molecular weight is 412 g/mol. The van der Waals surface area contributed by atoms with Crippen molar-refractivity contribution in [2.45, 2.75) is 0 Å². The Kier molecular flexibility index (Phi) is 6.10. The lowest BCUT2D eigenvalue weighted by Gasteiger charge is -2.09. The van der Waals surface area contributed by atoms with Crippen LogP contribution in [0.2, 0.25) is 0 Å². The predicted octanol–water partition coefficient (Wildman–Crippen LogP) is 3.15. The van der Waals surface area contributed by atoms with Crippen molar-refractivity contribution in [3.63, 3.8) is 0 Å². The third-order valence-corrected chi connectivity index (χ3v) is 4.51. The molecule has 3 N–H and O–H groups in total. The lowest BCUT2D eigenvalue weighted by Crippen LogP contribution is -2.17. The number of carbonyl (C=O) groups excluding carboxylic acids is 2. The second-order valence-electron chi connectivity index (χ2n) is 5.71. The average Bonchev–Trinajstić information content (AvgIpc) is 3.23. The minimum atomic E-state index is -0.610. The topological polar surface area (TPSA) is 117 Å². The Morgan fingerprint density at radius 1 is 1.07 bits per heavy atom. The summed E-state index contributed by atoms with van der Waals surface area (Å²) in [5, 5.41) is 24.5. The van der Waals surface area contributed by atoms with Gasteiger partial charge in [0.15, 0.2) is 11.5 Å². The number of phenols is 2. The standard InChI is InChI=1S/C20H16N2O6S/c1-27-17-7-12(4-5-16(17)28-20(26)18-3-2-6-29-18)11-21-22-19(25)13-8-14(23)10-15(24)9-13/h2-11,23-24H,1H3,(H,22,25)/b21-11-. The Balaban J connectivity index is 1.68. The number of methoxy groups -OCH3 is 1. The van der Waals surface area contributed by atoms with Crippen LogP contribution in [0.3, 0.4) is 0 Å². The Morgan fingerprint density at radius 3 is 2.48 bits per heavy atom. The Labute approximate surface area is 169 Å². The van der Waals surface area contributed by atoms with E-state index in [1.54, 1.807) is 35.7 Å². The van der Waals surface area contributed by atoms with Crippen LogP contribution in [-0.4, -0.2) is 35.4 Å². The van der Waals surface area contributed by atoms with Gasteiger partial charge in [-0.2, -0.15) is 5.10 Å². The van der Waals surface area contributed by atoms with Crippen LogP contribution < -0.4 is 14.9 Å². The highest BCUT2D eigenvalue weighted by molar-refractivity contribution is 7.12. The summed E-state index contributed by atoms with van der Waals surface area (Å²) in [4.78, 5) is 24.6. The molecular weight excluding hydrogens is 396 g/mol. The zero-order valence-corrected chi connectivity index (χ0v) is 16.0. The molecule has 0 unspecified atom stereocenters. The summed E-state index contributed by atoms with van der Waals surface area (Å²) in [6.45, 7) is 0. The molecular formula is C20H16N2O6S. The minimum Gasteiger partial charge on any atom is -0.508 e. The summed E-state index contributed by atoms with van der Waals surface area (Å²) in [5.41, 5.74) is 2.92. The van der Waals surface area contributed by atoms with Gasteiger partial charge in [0.25, 0.3) is 5.91 Å². The van der Waals surface area contributed by atoms with Crippen LogP contribution in [0, 0.1) is 0 Å². The van der Waals surface area contributed by atoms with E-state index in [2.05, 4.69) is 10.5 Å². The molecule has 0 atom stereocenters. The fourth-order valence-corrected chi connectivity index (χ4v) is 2.95. The summed E-state index contributed by atoms with van der Waals surface area (Å²) >= 11 is 1.27. The lowest BCUT2D eigenvalue weighted by molar-refractivity contribution is 0.0734. The first-order chi connectivity index (χ1) is 14.0. The number of ether oxygens (including phenoxy) is 2. The molecule has 29 heavy (non-hydrogen) atoms. The van der Waals surface area contributed by atoms with E-state index < -0.39 is 11.9 Å². The molecule has 1 heterocycles. The van der Waals surface area contributed by atoms with E-state index in [-0.39, 0.29) is 22.8 Å². The number of aromatic hydroxyl groups is 2. The van der Waals surface area contributed by atoms with Gasteiger partial charge < -0.3 is 19.7 Å². The molecule has 0 fully saturated rings. The van der Waals surface area contributed by atoms with Crippen LogP contribution in [0.4, 0.5) is 0 Å². The first kappa shape index (κ1) is 19.9. The van der Waals surface area contributed by atoms with Crippen molar-refractivity contribution >= 4 is 29.4 Å². The van der Waals surface area contributed by atoms with Crippen molar-refractivity contribution in [1.82, 2.24) is 5.43 Å². The number of amides is 1. The summed E-state index contributed by atoms with van der Waals surface area (Å²) in [6.07, 6.45) is 1.37. The highest BCUT2D eigenvalue weighted by atomic mass is 32.1. The number of hydrogen-bond acceptors (Lipinski definition) is 8. The molecule has 1 aromatic heterocycles. The quantitative estimate of drug-likeness (QED) is 0.248. The molecule has 0 saturated heterocycles. The maximum Gasteiger partial charge on any atom is 0.353 e. The van der Waals surface area contributed by atoms with E-state index in [4.69, 9.17) is 9.47 Å². The molecule has 0 radical (unpaired) electrons. The van der Waals surface area contributed by atoms with Gasteiger partial charge in [0, 0.05) is 11.6 Å². The molecule has 0 aliphatic carbocycles. The maximum absolute atomic E-state index is 12.1. The van der Waals surface area contributed by atoms with Gasteiger partial charge in [0.2, 0.25) is 0 Å². The second-order valence-corrected chi connectivity index (χ2v) is 6.66. The van der Waals surface area contributed by atoms with Gasteiger partial charge in [-0.3, -0.25) is 4.79 Å². The van der Waals surface area contributed by atoms with Crippen LogP contribution in [0.25, 0.3) is 0 Å². The van der Waals surface area contributed by atoms with E-state index >= 15 is 0 Å². The van der Waals surface area contributed by atoms with Crippen molar-refractivity contribution in [1.29, 1.82) is 0 Å². The number of thiophene rings is 1. The number of hydrazone groups is 1. The molecule has 3 aromatic rings. The van der Waals surface area contributed by atoms with Crippen LogP contribution in [0.1, 0.15) is 25.6 Å². The minimum absolute atomic E-state index is 0.0491. The van der Waals surface area contributed by atoms with Gasteiger partial charge in [-0.1, -0.05) is 6.07 Å². The van der Waals surface area contributed by atoms with Crippen molar-refractivity contribution in [2.24, 2.45) is 5.10 Å². The number of phenolic OH excluding ortho intramolecular Hbond substituents is 2. The molecule has 8 nitrogen and oxygen atoms in total. The number of rotatable bonds is 6. The summed E-state index contributed by atoms with van der Waals surface area (Å²) < 4.78 is 10.6. The van der Waals surface area contributed by atoms with Gasteiger partial charge in [-0.15, -0.1) is 11.3 Å². The normalized spacial score (nSPS) is 10.7. The van der Waals surface area contributed by atoms with E-state index in [9.17, 15) is 19.8 Å². The van der Waals surface area contributed by atoms with E-state index in [1.165, 1.54) is 36.8 Å². The summed E-state index contributed by atoms with van der Waals surface area (Å²) in [5.74, 6) is -0.999. The van der Waals surface area contributed by atoms with E-state index in [1.807, 2.05) is 0 Å². The number of hydrogen-bond donors (Lipinski definition) is 3. The molecule has 0 aliphatic rings. The molecule has 0 spiro atoms. The molecule has 3 rings (SSSR count). The Morgan fingerprint density at radius 2 is 1.83 bits per heavy atom. The highest BCUT2D eigenvalue weighted by Gasteiger charge is 2.13. The maximum atomic E-state index is 12.1. The van der Waals surface area contributed by atoms with Gasteiger partial charge in [0.05, 0.1) is 13.3 Å². The van der Waals surface area contributed by atoms with Crippen molar-refractivity contribution < 1.29 is 29.3 Å². The first-order valence-corrected chi connectivity index (χ1v) is 9.14. The third-order valence-electron chi connectivity index (χ3n) is 3.66. The first-order valence-electron chi connectivity index (χ1n) is 8.26. The zero-order chi connectivity index (χ0) is 20.8. The molecule has 1 amide bonds. The van der Waals surface area contributed by atoms with Crippen molar-refractivity contribution in [3.8, 4) is 23.0 Å². The van der Waals surface area contributed by atoms with Crippen molar-refractivity contribution in [2.75, 3.05) is 7.11 Å². The molecule has 0 aliphatic heterocycles. The highest BCUT2D eigenvalue weighted by Crippen LogP contribution is 2.29. The van der Waals surface area contributed by atoms with Gasteiger partial charge in [-0.25, -0.2) is 10.2 Å². The smallest absolute Gasteiger partial charge is 0.353 e. The van der Waals surface area contributed by atoms with Gasteiger partial charge in [0.1, 0.15) is 16.4 Å². The molecule has 2 aromatic carbocycles. The van der Waals surface area contributed by atoms with E-state index in [0.29, 0.717) is 16.2 Å². The molecule has 9 heteroatoms. The van der Waals surface area contributed by atoms with Crippen molar-refractivity contribution in [3.05, 3.63) is 69.9 Å². The number of nitrogens with zero attached hydrogens (tertiary/aromatic N) is 1. The van der Waals surface area contributed by atoms with Crippen LogP contribution in [0.5, 0.6) is 23.0 Å². The van der Waals surface area contributed by atoms with Crippen LogP contribution >= 0.6 is 11.3 Å². The zero-order valence-electron chi connectivity index (χ0n) is 15.2. The van der Waals surface area contributed by atoms with Gasteiger partial charge >= 0.3 is 5.97 Å². The lowest BCUT2D eigenvalue weighted by atomic mass is 10.2. The van der Waals surface area contributed by atoms with Gasteiger partial charge in [-0.05, 0) is 47.3 Å². The Bertz CT molecular complexity index is 1040. The monoisotopic (exact) mass is 412 g/mol. The van der Waals surface area contributed by atoms with Crippen LogP contribution in [0.15, 0.2) is 59.0 Å². The summed E-state index contributed by atoms with van der Waals surface area (Å²) in [6, 6.07) is 11.7. The number of carbonyl (C=O) groups is 2. The Hall–Kier alpha value is -3.85. The molecule has 0 saturated carbocycles. The number of nitrogens with one attached hydrogen (secondary N) is 1. The third kappa shape index (κ3) is 5.11.